The number of benzene rings is 1. The molecule has 58 valence electrons. The van der Waals surface area contributed by atoms with Crippen LogP contribution in [0.4, 0.5) is 5.69 Å². The quantitative estimate of drug-likeness (QED) is 0.487. The third-order valence-corrected chi connectivity index (χ3v) is 1.78. The number of aldehydes is 1. The second kappa shape index (κ2) is 2.74. The van der Waals surface area contributed by atoms with Crippen LogP contribution in [-0.4, -0.2) is 6.29 Å². The first-order chi connectivity index (χ1) is 5.15. The molecule has 0 spiro atoms. The highest BCUT2D eigenvalue weighted by molar-refractivity contribution is 5.79. The van der Waals surface area contributed by atoms with E-state index in [0.717, 1.165) is 28.7 Å². The minimum Gasteiger partial charge on any atom is -0.399 e. The van der Waals surface area contributed by atoms with Gasteiger partial charge in [-0.05, 0) is 37.1 Å². The molecule has 0 heterocycles. The number of carbonyl (C=O) groups excluding carboxylic acids is 1. The highest BCUT2D eigenvalue weighted by atomic mass is 16.1. The second-order valence-electron chi connectivity index (χ2n) is 2.68. The summed E-state index contributed by atoms with van der Waals surface area (Å²) in [5.41, 5.74) is 8.98. The van der Waals surface area contributed by atoms with Crippen LogP contribution in [0.15, 0.2) is 12.1 Å². The molecule has 1 rings (SSSR count). The molecule has 0 atom stereocenters. The topological polar surface area (TPSA) is 43.1 Å². The van der Waals surface area contributed by atoms with Crippen molar-refractivity contribution in [3.8, 4) is 0 Å². The number of rotatable bonds is 1. The fourth-order valence-electron chi connectivity index (χ4n) is 0.988. The Bertz CT molecular complexity index is 292. The van der Waals surface area contributed by atoms with Crippen molar-refractivity contribution < 1.29 is 4.79 Å². The van der Waals surface area contributed by atoms with E-state index >= 15 is 0 Å². The van der Waals surface area contributed by atoms with Crippen molar-refractivity contribution in [3.63, 3.8) is 0 Å². The Balaban J connectivity index is 3.31. The lowest BCUT2D eigenvalue weighted by Gasteiger charge is -2.03. The number of hydrogen-bond acceptors (Lipinski definition) is 2. The summed E-state index contributed by atoms with van der Waals surface area (Å²) in [6.45, 7) is 3.77. The molecule has 0 aliphatic heterocycles. The molecule has 0 saturated heterocycles. The van der Waals surface area contributed by atoms with E-state index in [2.05, 4.69) is 0 Å². The predicted molar refractivity (Wildman–Crippen MR) is 45.7 cm³/mol. The lowest BCUT2D eigenvalue weighted by molar-refractivity contribution is 0.112. The van der Waals surface area contributed by atoms with Gasteiger partial charge in [0, 0.05) is 11.3 Å². The summed E-state index contributed by atoms with van der Waals surface area (Å²) in [7, 11) is 0. The molecular weight excluding hydrogens is 138 g/mol. The molecule has 0 radical (unpaired) electrons. The number of nitrogen functional groups attached to an aromatic ring is 1. The molecule has 0 bridgehead atoms. The van der Waals surface area contributed by atoms with Gasteiger partial charge in [-0.15, -0.1) is 0 Å². The third-order valence-electron chi connectivity index (χ3n) is 1.78. The maximum Gasteiger partial charge on any atom is 0.150 e. The largest absolute Gasteiger partial charge is 0.399 e. The molecule has 0 aliphatic carbocycles. The van der Waals surface area contributed by atoms with Crippen LogP contribution in [0.3, 0.4) is 0 Å². The van der Waals surface area contributed by atoms with Crippen LogP contribution >= 0.6 is 0 Å². The van der Waals surface area contributed by atoms with Gasteiger partial charge < -0.3 is 5.73 Å². The average Bonchev–Trinajstić information content (AvgIpc) is 1.97. The first-order valence-corrected chi connectivity index (χ1v) is 3.47. The molecule has 0 saturated carbocycles. The van der Waals surface area contributed by atoms with Gasteiger partial charge in [-0.1, -0.05) is 0 Å². The lowest BCUT2D eigenvalue weighted by Crippen LogP contribution is -1.94. The van der Waals surface area contributed by atoms with E-state index in [1.54, 1.807) is 6.07 Å². The smallest absolute Gasteiger partial charge is 0.150 e. The van der Waals surface area contributed by atoms with Gasteiger partial charge in [0.1, 0.15) is 6.29 Å². The predicted octanol–water partition coefficient (Wildman–Crippen LogP) is 1.70. The minimum absolute atomic E-state index is 0.719. The Kier molecular flexibility index (Phi) is 1.94. The SMILES string of the molecule is Cc1cc(C=O)c(C)cc1N. The Morgan fingerprint density at radius 2 is 1.91 bits per heavy atom. The zero-order valence-electron chi connectivity index (χ0n) is 6.72. The van der Waals surface area contributed by atoms with Crippen LogP contribution in [0.5, 0.6) is 0 Å². The van der Waals surface area contributed by atoms with Gasteiger partial charge in [-0.2, -0.15) is 0 Å². The van der Waals surface area contributed by atoms with Crippen molar-refractivity contribution in [1.29, 1.82) is 0 Å². The zero-order valence-corrected chi connectivity index (χ0v) is 6.72. The Labute approximate surface area is 66.0 Å². The van der Waals surface area contributed by atoms with Gasteiger partial charge in [0.15, 0.2) is 0 Å². The molecule has 11 heavy (non-hydrogen) atoms. The number of hydrogen-bond donors (Lipinski definition) is 1. The second-order valence-corrected chi connectivity index (χ2v) is 2.68. The van der Waals surface area contributed by atoms with Crippen molar-refractivity contribution in [1.82, 2.24) is 0 Å². The molecule has 0 aliphatic rings. The van der Waals surface area contributed by atoms with Crippen LogP contribution < -0.4 is 5.73 Å². The van der Waals surface area contributed by atoms with E-state index in [4.69, 9.17) is 5.73 Å². The van der Waals surface area contributed by atoms with Crippen molar-refractivity contribution in [3.05, 3.63) is 28.8 Å². The molecule has 0 fully saturated rings. The van der Waals surface area contributed by atoms with Gasteiger partial charge in [0.25, 0.3) is 0 Å². The third kappa shape index (κ3) is 1.40. The minimum atomic E-state index is 0.719. The van der Waals surface area contributed by atoms with Gasteiger partial charge in [0.05, 0.1) is 0 Å². The summed E-state index contributed by atoms with van der Waals surface area (Å²) < 4.78 is 0. The summed E-state index contributed by atoms with van der Waals surface area (Å²) in [6, 6.07) is 3.62. The van der Waals surface area contributed by atoms with E-state index < -0.39 is 0 Å². The van der Waals surface area contributed by atoms with Gasteiger partial charge in [-0.25, -0.2) is 0 Å². The van der Waals surface area contributed by atoms with Crippen molar-refractivity contribution in [2.75, 3.05) is 5.73 Å². The number of anilines is 1. The summed E-state index contributed by atoms with van der Waals surface area (Å²) in [4.78, 5) is 10.5. The van der Waals surface area contributed by atoms with Gasteiger partial charge in [-0.3, -0.25) is 4.79 Å². The Morgan fingerprint density at radius 1 is 1.27 bits per heavy atom. The molecule has 2 nitrogen and oxygen atoms in total. The fourth-order valence-corrected chi connectivity index (χ4v) is 0.988. The average molecular weight is 149 g/mol. The van der Waals surface area contributed by atoms with Crippen LogP contribution in [0, 0.1) is 13.8 Å². The van der Waals surface area contributed by atoms with Crippen LogP contribution in [0.1, 0.15) is 21.5 Å². The Morgan fingerprint density at radius 3 is 2.45 bits per heavy atom. The van der Waals surface area contributed by atoms with E-state index in [1.165, 1.54) is 0 Å². The molecule has 2 N–H and O–H groups in total. The monoisotopic (exact) mass is 149 g/mol. The molecule has 1 aromatic rings. The normalized spacial score (nSPS) is 9.64. The number of carbonyl (C=O) groups is 1. The zero-order chi connectivity index (χ0) is 8.43. The maximum absolute atomic E-state index is 10.5. The van der Waals surface area contributed by atoms with E-state index in [0.29, 0.717) is 0 Å². The maximum atomic E-state index is 10.5. The highest BCUT2D eigenvalue weighted by Gasteiger charge is 1.99. The van der Waals surface area contributed by atoms with Gasteiger partial charge in [0.2, 0.25) is 0 Å². The lowest BCUT2D eigenvalue weighted by atomic mass is 10.1. The van der Waals surface area contributed by atoms with E-state index in [1.807, 2.05) is 19.9 Å². The first kappa shape index (κ1) is 7.79. The van der Waals surface area contributed by atoms with Crippen LogP contribution in [-0.2, 0) is 0 Å². The molecule has 0 aromatic heterocycles. The van der Waals surface area contributed by atoms with E-state index in [9.17, 15) is 4.79 Å². The highest BCUT2D eigenvalue weighted by Crippen LogP contribution is 2.15. The van der Waals surface area contributed by atoms with Crippen LogP contribution in [0.25, 0.3) is 0 Å². The summed E-state index contributed by atoms with van der Waals surface area (Å²) >= 11 is 0. The number of aryl methyl sites for hydroxylation is 2. The fraction of sp³-hybridized carbons (Fsp3) is 0.222. The molecule has 0 unspecified atom stereocenters. The molecule has 2 heteroatoms. The van der Waals surface area contributed by atoms with Gasteiger partial charge >= 0.3 is 0 Å². The molecule has 1 aromatic carbocycles. The van der Waals surface area contributed by atoms with Crippen molar-refractivity contribution >= 4 is 12.0 Å². The summed E-state index contributed by atoms with van der Waals surface area (Å²) in [6.07, 6.45) is 0.849. The van der Waals surface area contributed by atoms with Crippen molar-refractivity contribution in [2.24, 2.45) is 0 Å². The van der Waals surface area contributed by atoms with Crippen LogP contribution in [0.2, 0.25) is 0 Å². The summed E-state index contributed by atoms with van der Waals surface area (Å²) in [5, 5.41) is 0. The Hall–Kier alpha value is -1.31. The summed E-state index contributed by atoms with van der Waals surface area (Å²) in [5.74, 6) is 0. The molecular formula is C9H11NO. The molecule has 0 amide bonds. The number of nitrogens with two attached hydrogens (primary N) is 1. The first-order valence-electron chi connectivity index (χ1n) is 3.47. The standard InChI is InChI=1S/C9H11NO/c1-6-4-9(10)7(2)3-8(6)5-11/h3-5H,10H2,1-2H3. The van der Waals surface area contributed by atoms with Crippen molar-refractivity contribution in [2.45, 2.75) is 13.8 Å². The van der Waals surface area contributed by atoms with E-state index in [-0.39, 0.29) is 0 Å².